The molecule has 1 heterocycles. The summed E-state index contributed by atoms with van der Waals surface area (Å²) in [6, 6.07) is 13.3. The minimum Gasteiger partial charge on any atom is -0.495 e. The van der Waals surface area contributed by atoms with Gasteiger partial charge in [0.15, 0.2) is 0 Å². The van der Waals surface area contributed by atoms with Gasteiger partial charge in [0.25, 0.3) is 5.89 Å². The van der Waals surface area contributed by atoms with E-state index in [0.29, 0.717) is 11.4 Å². The zero-order valence-corrected chi connectivity index (χ0v) is 13.5. The van der Waals surface area contributed by atoms with Crippen LogP contribution >= 0.6 is 0 Å². The van der Waals surface area contributed by atoms with E-state index >= 15 is 0 Å². The van der Waals surface area contributed by atoms with Crippen LogP contribution in [0.15, 0.2) is 52.9 Å². The third kappa shape index (κ3) is 4.00. The molecule has 0 unspecified atom stereocenters. The van der Waals surface area contributed by atoms with Gasteiger partial charge in [0.05, 0.1) is 18.4 Å². The van der Waals surface area contributed by atoms with E-state index in [1.807, 2.05) is 6.07 Å². The number of amides is 1. The van der Waals surface area contributed by atoms with Gasteiger partial charge in [0.2, 0.25) is 11.8 Å². The number of aryl methyl sites for hydroxylation is 1. The maximum Gasteiger partial charge on any atom is 0.250 e. The van der Waals surface area contributed by atoms with E-state index in [4.69, 9.17) is 9.15 Å². The normalized spacial score (nSPS) is 10.5. The Balaban J connectivity index is 1.61. The maximum absolute atomic E-state index is 13.7. The van der Waals surface area contributed by atoms with Gasteiger partial charge in [-0.2, -0.15) is 0 Å². The number of benzene rings is 2. The average Bonchev–Trinajstić information content (AvgIpc) is 3.09. The van der Waals surface area contributed by atoms with E-state index in [0.717, 1.165) is 0 Å². The molecule has 1 amide bonds. The molecular weight excluding hydrogens is 325 g/mol. The minimum atomic E-state index is -0.438. The largest absolute Gasteiger partial charge is 0.495 e. The predicted molar refractivity (Wildman–Crippen MR) is 89.6 cm³/mol. The van der Waals surface area contributed by atoms with Crippen LogP contribution in [0.25, 0.3) is 11.5 Å². The van der Waals surface area contributed by atoms with Gasteiger partial charge in [0.1, 0.15) is 11.6 Å². The van der Waals surface area contributed by atoms with Crippen LogP contribution in [0.3, 0.4) is 0 Å². The highest BCUT2D eigenvalue weighted by Crippen LogP contribution is 2.24. The van der Waals surface area contributed by atoms with Crippen LogP contribution in [-0.4, -0.2) is 23.2 Å². The molecule has 3 rings (SSSR count). The van der Waals surface area contributed by atoms with Gasteiger partial charge in [-0.3, -0.25) is 4.79 Å². The summed E-state index contributed by atoms with van der Waals surface area (Å²) in [6.07, 6.45) is 0.402. The lowest BCUT2D eigenvalue weighted by Crippen LogP contribution is -2.13. The molecule has 0 radical (unpaired) electrons. The third-order valence-corrected chi connectivity index (χ3v) is 3.52. The van der Waals surface area contributed by atoms with Gasteiger partial charge in [0, 0.05) is 12.8 Å². The molecule has 1 N–H and O–H groups in total. The number of anilines is 1. The van der Waals surface area contributed by atoms with E-state index in [1.54, 1.807) is 36.4 Å². The van der Waals surface area contributed by atoms with Crippen molar-refractivity contribution in [3.8, 4) is 17.2 Å². The Labute approximate surface area is 143 Å². The van der Waals surface area contributed by atoms with E-state index in [9.17, 15) is 9.18 Å². The number of aromatic nitrogens is 2. The molecule has 3 aromatic rings. The summed E-state index contributed by atoms with van der Waals surface area (Å²) < 4.78 is 24.3. The van der Waals surface area contributed by atoms with E-state index in [-0.39, 0.29) is 36.1 Å². The molecular formula is C18H16FN3O3. The summed E-state index contributed by atoms with van der Waals surface area (Å²) in [5.74, 6) is 0.295. The second-order valence-electron chi connectivity index (χ2n) is 5.23. The number of hydrogen-bond acceptors (Lipinski definition) is 5. The molecule has 2 aromatic carbocycles. The van der Waals surface area contributed by atoms with Crippen molar-refractivity contribution in [1.29, 1.82) is 0 Å². The zero-order chi connectivity index (χ0) is 17.6. The number of carbonyl (C=O) groups excluding carboxylic acids is 1. The first-order valence-electron chi connectivity index (χ1n) is 7.67. The number of para-hydroxylation sites is 2. The van der Waals surface area contributed by atoms with Gasteiger partial charge in [-0.05, 0) is 24.3 Å². The third-order valence-electron chi connectivity index (χ3n) is 3.52. The Morgan fingerprint density at radius 3 is 2.72 bits per heavy atom. The highest BCUT2D eigenvalue weighted by molar-refractivity contribution is 5.92. The molecule has 0 saturated carbocycles. The first kappa shape index (κ1) is 16.6. The van der Waals surface area contributed by atoms with E-state index in [2.05, 4.69) is 15.5 Å². The lowest BCUT2D eigenvalue weighted by Gasteiger charge is -2.09. The summed E-state index contributed by atoms with van der Waals surface area (Å²) >= 11 is 0. The Bertz CT molecular complexity index is 879. The number of ether oxygens (including phenoxy) is 1. The molecule has 0 aliphatic carbocycles. The van der Waals surface area contributed by atoms with Gasteiger partial charge in [-0.15, -0.1) is 10.2 Å². The van der Waals surface area contributed by atoms with Gasteiger partial charge >= 0.3 is 0 Å². The second-order valence-corrected chi connectivity index (χ2v) is 5.23. The van der Waals surface area contributed by atoms with Crippen LogP contribution in [0.2, 0.25) is 0 Å². The molecule has 0 fully saturated rings. The van der Waals surface area contributed by atoms with Crippen LogP contribution < -0.4 is 10.1 Å². The molecule has 1 aromatic heterocycles. The molecule has 0 spiro atoms. The van der Waals surface area contributed by atoms with Crippen molar-refractivity contribution in [1.82, 2.24) is 10.2 Å². The predicted octanol–water partition coefficient (Wildman–Crippen LogP) is 3.46. The highest BCUT2D eigenvalue weighted by atomic mass is 19.1. The van der Waals surface area contributed by atoms with Crippen molar-refractivity contribution in [2.24, 2.45) is 0 Å². The maximum atomic E-state index is 13.7. The lowest BCUT2D eigenvalue weighted by molar-refractivity contribution is -0.116. The van der Waals surface area contributed by atoms with Crippen LogP contribution in [-0.2, 0) is 11.2 Å². The monoisotopic (exact) mass is 341 g/mol. The van der Waals surface area contributed by atoms with Crippen LogP contribution in [0.1, 0.15) is 12.3 Å². The quantitative estimate of drug-likeness (QED) is 0.743. The van der Waals surface area contributed by atoms with E-state index in [1.165, 1.54) is 13.2 Å². The van der Waals surface area contributed by atoms with Crippen LogP contribution in [0.4, 0.5) is 10.1 Å². The van der Waals surface area contributed by atoms with Crippen molar-refractivity contribution >= 4 is 11.6 Å². The molecule has 0 bridgehead atoms. The van der Waals surface area contributed by atoms with Gasteiger partial charge in [-0.1, -0.05) is 24.3 Å². The summed E-state index contributed by atoms with van der Waals surface area (Å²) in [5, 5.41) is 10.5. The van der Waals surface area contributed by atoms with Crippen molar-refractivity contribution < 1.29 is 18.3 Å². The van der Waals surface area contributed by atoms with Crippen molar-refractivity contribution in [2.75, 3.05) is 12.4 Å². The van der Waals surface area contributed by atoms with Crippen molar-refractivity contribution in [2.45, 2.75) is 12.8 Å². The Hall–Kier alpha value is -3.22. The fourth-order valence-electron chi connectivity index (χ4n) is 2.28. The fourth-order valence-corrected chi connectivity index (χ4v) is 2.28. The molecule has 128 valence electrons. The molecule has 0 aliphatic rings. The summed E-state index contributed by atoms with van der Waals surface area (Å²) in [7, 11) is 1.54. The second kappa shape index (κ2) is 7.57. The SMILES string of the molecule is COc1ccccc1NC(=O)CCc1nnc(-c2ccccc2F)o1. The number of methoxy groups -OCH3 is 1. The number of halogens is 1. The Kier molecular flexibility index (Phi) is 5.03. The van der Waals surface area contributed by atoms with Gasteiger partial charge < -0.3 is 14.5 Å². The van der Waals surface area contributed by atoms with Crippen molar-refractivity contribution in [3.05, 3.63) is 60.2 Å². The lowest BCUT2D eigenvalue weighted by atomic mass is 10.2. The van der Waals surface area contributed by atoms with Gasteiger partial charge in [-0.25, -0.2) is 4.39 Å². The number of hydrogen-bond donors (Lipinski definition) is 1. The molecule has 0 saturated heterocycles. The minimum absolute atomic E-state index is 0.0956. The number of rotatable bonds is 6. The molecule has 25 heavy (non-hydrogen) atoms. The van der Waals surface area contributed by atoms with Crippen LogP contribution in [0.5, 0.6) is 5.75 Å². The summed E-state index contributed by atoms with van der Waals surface area (Å²) in [6.45, 7) is 0. The standard InChI is InChI=1S/C18H16FN3O3/c1-24-15-9-5-4-8-14(15)20-16(23)10-11-17-21-22-18(25-17)12-6-2-3-7-13(12)19/h2-9H,10-11H2,1H3,(H,20,23). The summed E-state index contributed by atoms with van der Waals surface area (Å²) in [4.78, 5) is 12.1. The fraction of sp³-hybridized carbons (Fsp3) is 0.167. The molecule has 7 heteroatoms. The molecule has 0 aliphatic heterocycles. The van der Waals surface area contributed by atoms with E-state index < -0.39 is 5.82 Å². The smallest absolute Gasteiger partial charge is 0.250 e. The number of carbonyl (C=O) groups is 1. The zero-order valence-electron chi connectivity index (χ0n) is 13.5. The summed E-state index contributed by atoms with van der Waals surface area (Å²) in [5.41, 5.74) is 0.826. The average molecular weight is 341 g/mol. The Morgan fingerprint density at radius 2 is 1.92 bits per heavy atom. The number of nitrogens with one attached hydrogen (secondary N) is 1. The first-order valence-corrected chi connectivity index (χ1v) is 7.67. The van der Waals surface area contributed by atoms with Crippen LogP contribution in [0, 0.1) is 5.82 Å². The Morgan fingerprint density at radius 1 is 1.16 bits per heavy atom. The molecule has 0 atom stereocenters. The molecule has 6 nitrogen and oxygen atoms in total. The highest BCUT2D eigenvalue weighted by Gasteiger charge is 2.14. The first-order chi connectivity index (χ1) is 12.2. The topological polar surface area (TPSA) is 77.2 Å². The number of nitrogens with zero attached hydrogens (tertiary/aromatic N) is 2. The van der Waals surface area contributed by atoms with Crippen molar-refractivity contribution in [3.63, 3.8) is 0 Å².